The molecule has 1 aliphatic carbocycles. The van der Waals surface area contributed by atoms with E-state index < -0.39 is 0 Å². The van der Waals surface area contributed by atoms with E-state index in [0.29, 0.717) is 5.41 Å². The molecule has 1 aromatic carbocycles. The summed E-state index contributed by atoms with van der Waals surface area (Å²) >= 11 is 0. The Kier molecular flexibility index (Phi) is 2.76. The number of rotatable bonds is 2. The highest BCUT2D eigenvalue weighted by Gasteiger charge is 2.57. The number of fused-ring (bicyclic) bond motifs is 2. The Balaban J connectivity index is 1.75. The third-order valence-corrected chi connectivity index (χ3v) is 4.28. The number of hydrogen-bond donors (Lipinski definition) is 1. The van der Waals surface area contributed by atoms with E-state index in [4.69, 9.17) is 4.74 Å². The number of nitrogens with one attached hydrogen (secondary N) is 1. The molecule has 0 radical (unpaired) electrons. The Morgan fingerprint density at radius 3 is 2.89 bits per heavy atom. The van der Waals surface area contributed by atoms with Crippen molar-refractivity contribution in [2.45, 2.75) is 44.8 Å². The van der Waals surface area contributed by atoms with Crippen LogP contribution in [-0.2, 0) is 16.8 Å². The lowest BCUT2D eigenvalue weighted by molar-refractivity contribution is 0.0787. The number of ether oxygens (including phenoxy) is 1. The van der Waals surface area contributed by atoms with E-state index >= 15 is 0 Å². The van der Waals surface area contributed by atoms with Crippen molar-refractivity contribution in [3.8, 4) is 0 Å². The highest BCUT2D eigenvalue weighted by Crippen LogP contribution is 2.56. The summed E-state index contributed by atoms with van der Waals surface area (Å²) in [5, 5.41) is 3.63. The monoisotopic (exact) mass is 245 g/mol. The molecule has 0 bridgehead atoms. The highest BCUT2D eigenvalue weighted by molar-refractivity contribution is 5.42. The van der Waals surface area contributed by atoms with Gasteiger partial charge in [-0.3, -0.25) is 0 Å². The van der Waals surface area contributed by atoms with E-state index in [1.165, 1.54) is 17.5 Å². The molecule has 1 N–H and O–H groups in total. The van der Waals surface area contributed by atoms with Gasteiger partial charge in [0.1, 0.15) is 0 Å². The minimum atomic E-state index is 0.207. The second-order valence-corrected chi connectivity index (χ2v) is 6.84. The van der Waals surface area contributed by atoms with Crippen molar-refractivity contribution >= 4 is 0 Å². The van der Waals surface area contributed by atoms with Crippen LogP contribution in [0.15, 0.2) is 24.3 Å². The molecule has 1 aromatic rings. The summed E-state index contributed by atoms with van der Waals surface area (Å²) in [7, 11) is 0. The average molecular weight is 245 g/mol. The van der Waals surface area contributed by atoms with Crippen LogP contribution in [0.5, 0.6) is 0 Å². The van der Waals surface area contributed by atoms with E-state index in [1.54, 1.807) is 0 Å². The van der Waals surface area contributed by atoms with Gasteiger partial charge in [0, 0.05) is 11.0 Å². The lowest BCUT2D eigenvalue weighted by atomic mass is 9.88. The van der Waals surface area contributed by atoms with Crippen LogP contribution in [0.25, 0.3) is 0 Å². The zero-order valence-corrected chi connectivity index (χ0v) is 11.6. The lowest BCUT2D eigenvalue weighted by Gasteiger charge is -2.28. The minimum Gasteiger partial charge on any atom is -0.376 e. The van der Waals surface area contributed by atoms with Gasteiger partial charge in [-0.25, -0.2) is 0 Å². The van der Waals surface area contributed by atoms with Crippen molar-refractivity contribution in [3.63, 3.8) is 0 Å². The zero-order valence-electron chi connectivity index (χ0n) is 11.6. The lowest BCUT2D eigenvalue weighted by Crippen LogP contribution is -2.39. The molecule has 2 aliphatic rings. The molecule has 2 atom stereocenters. The maximum absolute atomic E-state index is 5.81. The first kappa shape index (κ1) is 12.2. The topological polar surface area (TPSA) is 21.3 Å². The quantitative estimate of drug-likeness (QED) is 0.865. The van der Waals surface area contributed by atoms with Crippen molar-refractivity contribution in [2.75, 3.05) is 13.2 Å². The summed E-state index contributed by atoms with van der Waals surface area (Å²) in [5.74, 6) is 0.734. The fourth-order valence-electron chi connectivity index (χ4n) is 3.14. The molecule has 18 heavy (non-hydrogen) atoms. The van der Waals surface area contributed by atoms with Crippen LogP contribution in [0, 0.1) is 5.92 Å². The van der Waals surface area contributed by atoms with Crippen LogP contribution in [0.4, 0.5) is 0 Å². The zero-order chi connectivity index (χ0) is 12.8. The van der Waals surface area contributed by atoms with E-state index in [9.17, 15) is 0 Å². The van der Waals surface area contributed by atoms with Crippen molar-refractivity contribution < 1.29 is 4.74 Å². The largest absolute Gasteiger partial charge is 0.376 e. The standard InChI is InChI=1S/C16H23NO/c1-15(2,3)17-9-13-8-16(13)11-18-10-12-6-4-5-7-14(12)16/h4-7,13,17H,8-11H2,1-3H3. The van der Waals surface area contributed by atoms with Crippen LogP contribution in [0.2, 0.25) is 0 Å². The number of hydrogen-bond acceptors (Lipinski definition) is 2. The Hall–Kier alpha value is -0.860. The van der Waals surface area contributed by atoms with Crippen molar-refractivity contribution in [1.82, 2.24) is 5.32 Å². The minimum absolute atomic E-state index is 0.207. The average Bonchev–Trinajstić information content (AvgIpc) is 3.01. The van der Waals surface area contributed by atoms with Crippen LogP contribution >= 0.6 is 0 Å². The van der Waals surface area contributed by atoms with Gasteiger partial charge in [0.15, 0.2) is 0 Å². The molecule has 1 fully saturated rings. The van der Waals surface area contributed by atoms with Crippen LogP contribution in [0.1, 0.15) is 38.3 Å². The second-order valence-electron chi connectivity index (χ2n) is 6.84. The van der Waals surface area contributed by atoms with Gasteiger partial charge in [0.2, 0.25) is 0 Å². The molecular weight excluding hydrogens is 222 g/mol. The van der Waals surface area contributed by atoms with Crippen LogP contribution in [-0.4, -0.2) is 18.7 Å². The Bertz CT molecular complexity index is 449. The predicted molar refractivity (Wildman–Crippen MR) is 73.6 cm³/mol. The maximum Gasteiger partial charge on any atom is 0.0720 e. The Morgan fingerprint density at radius 1 is 1.33 bits per heavy atom. The fraction of sp³-hybridized carbons (Fsp3) is 0.625. The van der Waals surface area contributed by atoms with Gasteiger partial charge < -0.3 is 10.1 Å². The summed E-state index contributed by atoms with van der Waals surface area (Å²) in [6.45, 7) is 9.48. The summed E-state index contributed by atoms with van der Waals surface area (Å²) in [4.78, 5) is 0. The third-order valence-electron chi connectivity index (χ3n) is 4.28. The van der Waals surface area contributed by atoms with Gasteiger partial charge in [0.05, 0.1) is 13.2 Å². The first-order valence-corrected chi connectivity index (χ1v) is 6.92. The van der Waals surface area contributed by atoms with E-state index in [-0.39, 0.29) is 5.54 Å². The van der Waals surface area contributed by atoms with Crippen LogP contribution in [0.3, 0.4) is 0 Å². The maximum atomic E-state index is 5.81. The molecule has 1 saturated carbocycles. The van der Waals surface area contributed by atoms with Gasteiger partial charge in [-0.15, -0.1) is 0 Å². The molecule has 1 spiro atoms. The first-order valence-electron chi connectivity index (χ1n) is 6.92. The molecule has 98 valence electrons. The molecule has 1 heterocycles. The molecule has 3 rings (SSSR count). The second kappa shape index (κ2) is 4.07. The predicted octanol–water partition coefficient (Wildman–Crippen LogP) is 2.86. The van der Waals surface area contributed by atoms with Crippen LogP contribution < -0.4 is 5.32 Å². The highest BCUT2D eigenvalue weighted by atomic mass is 16.5. The molecule has 0 amide bonds. The third kappa shape index (κ3) is 2.08. The normalized spacial score (nSPS) is 30.3. The number of benzene rings is 1. The van der Waals surface area contributed by atoms with Crippen molar-refractivity contribution in [3.05, 3.63) is 35.4 Å². The van der Waals surface area contributed by atoms with E-state index in [1.807, 2.05) is 0 Å². The SMILES string of the molecule is CC(C)(C)NCC1CC12COCc1ccccc12. The molecule has 2 heteroatoms. The van der Waals surface area contributed by atoms with Gasteiger partial charge in [-0.05, 0) is 50.8 Å². The first-order chi connectivity index (χ1) is 8.51. The summed E-state index contributed by atoms with van der Waals surface area (Å²) < 4.78 is 5.81. The molecule has 2 unspecified atom stereocenters. The van der Waals surface area contributed by atoms with Gasteiger partial charge >= 0.3 is 0 Å². The van der Waals surface area contributed by atoms with E-state index in [0.717, 1.165) is 25.7 Å². The van der Waals surface area contributed by atoms with Crippen molar-refractivity contribution in [1.29, 1.82) is 0 Å². The summed E-state index contributed by atoms with van der Waals surface area (Å²) in [5.41, 5.74) is 3.45. The Labute approximate surface area is 110 Å². The van der Waals surface area contributed by atoms with E-state index in [2.05, 4.69) is 50.4 Å². The fourth-order valence-corrected chi connectivity index (χ4v) is 3.14. The molecule has 2 nitrogen and oxygen atoms in total. The van der Waals surface area contributed by atoms with Gasteiger partial charge in [0.25, 0.3) is 0 Å². The van der Waals surface area contributed by atoms with Gasteiger partial charge in [-0.2, -0.15) is 0 Å². The molecule has 0 aromatic heterocycles. The molecule has 0 saturated heterocycles. The summed E-state index contributed by atoms with van der Waals surface area (Å²) in [6.07, 6.45) is 1.27. The smallest absolute Gasteiger partial charge is 0.0720 e. The van der Waals surface area contributed by atoms with Gasteiger partial charge in [-0.1, -0.05) is 24.3 Å². The Morgan fingerprint density at radius 2 is 2.11 bits per heavy atom. The molecular formula is C16H23NO. The molecule has 1 aliphatic heterocycles. The summed E-state index contributed by atoms with van der Waals surface area (Å²) in [6, 6.07) is 8.79. The van der Waals surface area contributed by atoms with Crippen molar-refractivity contribution in [2.24, 2.45) is 5.92 Å².